The maximum atomic E-state index is 12.1. The van der Waals surface area contributed by atoms with Crippen molar-refractivity contribution in [2.24, 2.45) is 5.10 Å². The van der Waals surface area contributed by atoms with Gasteiger partial charge in [-0.05, 0) is 34.4 Å². The second-order valence-corrected chi connectivity index (χ2v) is 5.46. The van der Waals surface area contributed by atoms with E-state index in [1.807, 2.05) is 73.7 Å². The number of nitrogens with zero attached hydrogens (tertiary/aromatic N) is 1. The Morgan fingerprint density at radius 3 is 2.61 bits per heavy atom. The number of fused-ring (bicyclic) bond motifs is 1. The molecule has 3 rings (SSSR count). The van der Waals surface area contributed by atoms with Gasteiger partial charge in [-0.25, -0.2) is 5.43 Å². The zero-order chi connectivity index (χ0) is 16.1. The number of hydrogen-bond acceptors (Lipinski definition) is 2. The Kier molecular flexibility index (Phi) is 4.48. The van der Waals surface area contributed by atoms with Gasteiger partial charge in [-0.1, -0.05) is 66.7 Å². The molecule has 114 valence electrons. The van der Waals surface area contributed by atoms with Crippen LogP contribution in [0.4, 0.5) is 0 Å². The van der Waals surface area contributed by atoms with Crippen molar-refractivity contribution in [2.45, 2.75) is 13.3 Å². The van der Waals surface area contributed by atoms with E-state index < -0.39 is 0 Å². The molecule has 1 amide bonds. The lowest BCUT2D eigenvalue weighted by atomic mass is 10.0. The molecular formula is C20H18N2O. The SMILES string of the molecule is Cc1ccccc1/C=N/NC(=O)Cc1cccc2ccccc12. The molecule has 1 N–H and O–H groups in total. The van der Waals surface area contributed by atoms with E-state index in [-0.39, 0.29) is 5.91 Å². The monoisotopic (exact) mass is 302 g/mol. The first-order valence-corrected chi connectivity index (χ1v) is 7.58. The Hall–Kier alpha value is -2.94. The molecule has 23 heavy (non-hydrogen) atoms. The van der Waals surface area contributed by atoms with Crippen LogP contribution in [0, 0.1) is 6.92 Å². The second kappa shape index (κ2) is 6.88. The molecule has 0 spiro atoms. The zero-order valence-corrected chi connectivity index (χ0v) is 13.0. The van der Waals surface area contributed by atoms with E-state index in [1.165, 1.54) is 0 Å². The standard InChI is InChI=1S/C20H18N2O/c1-15-7-2-3-9-18(15)14-21-22-20(23)13-17-11-6-10-16-8-4-5-12-19(16)17/h2-12,14H,13H2,1H3,(H,22,23)/b21-14+. The first-order chi connectivity index (χ1) is 11.2. The first-order valence-electron chi connectivity index (χ1n) is 7.58. The summed E-state index contributed by atoms with van der Waals surface area (Å²) in [6.07, 6.45) is 1.99. The van der Waals surface area contributed by atoms with Gasteiger partial charge in [0.2, 0.25) is 5.91 Å². The molecule has 0 aliphatic carbocycles. The minimum Gasteiger partial charge on any atom is -0.273 e. The van der Waals surface area contributed by atoms with Crippen LogP contribution in [0.3, 0.4) is 0 Å². The molecule has 0 radical (unpaired) electrons. The third kappa shape index (κ3) is 3.64. The number of carbonyl (C=O) groups excluding carboxylic acids is 1. The maximum Gasteiger partial charge on any atom is 0.244 e. The van der Waals surface area contributed by atoms with Gasteiger partial charge in [-0.15, -0.1) is 0 Å². The van der Waals surface area contributed by atoms with Crippen molar-refractivity contribution >= 4 is 22.9 Å². The van der Waals surface area contributed by atoms with E-state index in [0.717, 1.165) is 27.5 Å². The van der Waals surface area contributed by atoms with E-state index in [0.29, 0.717) is 6.42 Å². The molecule has 3 aromatic carbocycles. The minimum absolute atomic E-state index is 0.119. The van der Waals surface area contributed by atoms with Gasteiger partial charge >= 0.3 is 0 Å². The summed E-state index contributed by atoms with van der Waals surface area (Å²) in [5, 5.41) is 6.30. The summed E-state index contributed by atoms with van der Waals surface area (Å²) >= 11 is 0. The second-order valence-electron chi connectivity index (χ2n) is 5.46. The number of amides is 1. The molecule has 0 aliphatic rings. The lowest BCUT2D eigenvalue weighted by Crippen LogP contribution is -2.20. The molecular weight excluding hydrogens is 284 g/mol. The molecule has 0 heterocycles. The normalized spacial score (nSPS) is 11.0. The van der Waals surface area contributed by atoms with E-state index >= 15 is 0 Å². The number of hydrazone groups is 1. The number of hydrogen-bond donors (Lipinski definition) is 1. The number of carbonyl (C=O) groups is 1. The molecule has 3 heteroatoms. The highest BCUT2D eigenvalue weighted by atomic mass is 16.2. The summed E-state index contributed by atoms with van der Waals surface area (Å²) in [6.45, 7) is 2.01. The van der Waals surface area contributed by atoms with Gasteiger partial charge in [-0.3, -0.25) is 4.79 Å². The van der Waals surface area contributed by atoms with Crippen molar-refractivity contribution < 1.29 is 4.79 Å². The van der Waals surface area contributed by atoms with Crippen molar-refractivity contribution in [2.75, 3.05) is 0 Å². The Balaban J connectivity index is 1.69. The van der Waals surface area contributed by atoms with Crippen LogP contribution in [0.25, 0.3) is 10.8 Å². The number of nitrogens with one attached hydrogen (secondary N) is 1. The fourth-order valence-corrected chi connectivity index (χ4v) is 2.56. The van der Waals surface area contributed by atoms with Crippen LogP contribution in [-0.4, -0.2) is 12.1 Å². The Morgan fingerprint density at radius 1 is 1.00 bits per heavy atom. The van der Waals surface area contributed by atoms with Crippen LogP contribution >= 0.6 is 0 Å². The van der Waals surface area contributed by atoms with Crippen LogP contribution in [0.2, 0.25) is 0 Å². The van der Waals surface area contributed by atoms with Gasteiger partial charge in [-0.2, -0.15) is 5.10 Å². The highest BCUT2D eigenvalue weighted by Gasteiger charge is 2.05. The van der Waals surface area contributed by atoms with Crippen molar-refractivity contribution in [3.63, 3.8) is 0 Å². The van der Waals surface area contributed by atoms with Crippen molar-refractivity contribution in [3.05, 3.63) is 83.4 Å². The summed E-state index contributed by atoms with van der Waals surface area (Å²) in [4.78, 5) is 12.1. The van der Waals surface area contributed by atoms with Gasteiger partial charge in [0.25, 0.3) is 0 Å². The van der Waals surface area contributed by atoms with E-state index in [9.17, 15) is 4.79 Å². The van der Waals surface area contributed by atoms with Crippen molar-refractivity contribution in [3.8, 4) is 0 Å². The largest absolute Gasteiger partial charge is 0.273 e. The Bertz CT molecular complexity index is 863. The van der Waals surface area contributed by atoms with Crippen molar-refractivity contribution in [1.29, 1.82) is 0 Å². The van der Waals surface area contributed by atoms with E-state index in [2.05, 4.69) is 10.5 Å². The molecule has 0 saturated heterocycles. The molecule has 0 aliphatic heterocycles. The number of benzene rings is 3. The van der Waals surface area contributed by atoms with Gasteiger partial charge in [0.05, 0.1) is 12.6 Å². The molecule has 3 aromatic rings. The summed E-state index contributed by atoms with van der Waals surface area (Å²) < 4.78 is 0. The zero-order valence-electron chi connectivity index (χ0n) is 13.0. The lowest BCUT2D eigenvalue weighted by Gasteiger charge is -2.05. The predicted molar refractivity (Wildman–Crippen MR) is 94.6 cm³/mol. The number of aryl methyl sites for hydroxylation is 1. The third-order valence-electron chi connectivity index (χ3n) is 3.81. The topological polar surface area (TPSA) is 41.5 Å². The van der Waals surface area contributed by atoms with Crippen LogP contribution in [0.5, 0.6) is 0 Å². The van der Waals surface area contributed by atoms with Gasteiger partial charge in [0.1, 0.15) is 0 Å². The molecule has 0 saturated carbocycles. The third-order valence-corrected chi connectivity index (χ3v) is 3.81. The average molecular weight is 302 g/mol. The van der Waals surface area contributed by atoms with Crippen molar-refractivity contribution in [1.82, 2.24) is 5.43 Å². The van der Waals surface area contributed by atoms with Gasteiger partial charge < -0.3 is 0 Å². The summed E-state index contributed by atoms with van der Waals surface area (Å²) in [5.41, 5.74) is 5.73. The smallest absolute Gasteiger partial charge is 0.244 e. The van der Waals surface area contributed by atoms with Crippen LogP contribution in [0.1, 0.15) is 16.7 Å². The molecule has 0 unspecified atom stereocenters. The molecule has 0 aromatic heterocycles. The average Bonchev–Trinajstić information content (AvgIpc) is 2.57. The summed E-state index contributed by atoms with van der Waals surface area (Å²) in [6, 6.07) is 22.0. The Labute approximate surface area is 135 Å². The first kappa shape index (κ1) is 15.0. The lowest BCUT2D eigenvalue weighted by molar-refractivity contribution is -0.120. The van der Waals surface area contributed by atoms with E-state index in [4.69, 9.17) is 0 Å². The van der Waals surface area contributed by atoms with Gasteiger partial charge in [0.15, 0.2) is 0 Å². The van der Waals surface area contributed by atoms with E-state index in [1.54, 1.807) is 6.21 Å². The molecule has 3 nitrogen and oxygen atoms in total. The highest BCUT2D eigenvalue weighted by molar-refractivity contribution is 5.90. The molecule has 0 atom stereocenters. The highest BCUT2D eigenvalue weighted by Crippen LogP contribution is 2.18. The fraction of sp³-hybridized carbons (Fsp3) is 0.100. The van der Waals surface area contributed by atoms with Crippen LogP contribution in [-0.2, 0) is 11.2 Å². The van der Waals surface area contributed by atoms with Crippen LogP contribution < -0.4 is 5.43 Å². The predicted octanol–water partition coefficient (Wildman–Crippen LogP) is 3.84. The summed E-state index contributed by atoms with van der Waals surface area (Å²) in [5.74, 6) is -0.119. The summed E-state index contributed by atoms with van der Waals surface area (Å²) in [7, 11) is 0. The Morgan fingerprint density at radius 2 is 1.74 bits per heavy atom. The van der Waals surface area contributed by atoms with Crippen LogP contribution in [0.15, 0.2) is 71.8 Å². The molecule has 0 fully saturated rings. The minimum atomic E-state index is -0.119. The fourth-order valence-electron chi connectivity index (χ4n) is 2.56. The maximum absolute atomic E-state index is 12.1. The molecule has 0 bridgehead atoms. The van der Waals surface area contributed by atoms with Gasteiger partial charge in [0, 0.05) is 0 Å². The number of rotatable bonds is 4. The quantitative estimate of drug-likeness (QED) is 0.577.